The van der Waals surface area contributed by atoms with Gasteiger partial charge in [0.1, 0.15) is 12.2 Å². The molecule has 0 saturated heterocycles. The molecule has 0 spiro atoms. The summed E-state index contributed by atoms with van der Waals surface area (Å²) in [6, 6.07) is 0. The summed E-state index contributed by atoms with van der Waals surface area (Å²) >= 11 is 0. The summed E-state index contributed by atoms with van der Waals surface area (Å²) in [6.07, 6.45) is 5.40. The van der Waals surface area contributed by atoms with Gasteiger partial charge in [-0.2, -0.15) is 5.10 Å². The van der Waals surface area contributed by atoms with Crippen LogP contribution in [0.5, 0.6) is 0 Å². The van der Waals surface area contributed by atoms with Crippen LogP contribution in [-0.4, -0.2) is 26.0 Å². The second-order valence-electron chi connectivity index (χ2n) is 6.71. The normalized spacial score (nSPS) is 29.5. The lowest BCUT2D eigenvalue weighted by Gasteiger charge is -2.40. The van der Waals surface area contributed by atoms with Crippen molar-refractivity contribution < 1.29 is 5.11 Å². The van der Waals surface area contributed by atoms with Crippen molar-refractivity contribution in [2.75, 3.05) is 0 Å². The summed E-state index contributed by atoms with van der Waals surface area (Å²) in [7, 11) is 1.92. The number of aliphatic hydroxyl groups excluding tert-OH is 1. The number of hydrogen-bond donors (Lipinski definition) is 1. The van der Waals surface area contributed by atoms with Crippen molar-refractivity contribution in [2.24, 2.45) is 24.3 Å². The Bertz CT molecular complexity index is 394. The highest BCUT2D eigenvalue weighted by Gasteiger charge is 2.35. The van der Waals surface area contributed by atoms with Crippen LogP contribution in [0.2, 0.25) is 0 Å². The van der Waals surface area contributed by atoms with E-state index in [1.807, 2.05) is 11.7 Å². The van der Waals surface area contributed by atoms with Crippen molar-refractivity contribution in [1.29, 1.82) is 0 Å². The molecular formula is C14H25N3O. The highest BCUT2D eigenvalue weighted by Crippen LogP contribution is 2.41. The van der Waals surface area contributed by atoms with Crippen LogP contribution in [0.4, 0.5) is 0 Å². The van der Waals surface area contributed by atoms with Crippen LogP contribution in [0.3, 0.4) is 0 Å². The van der Waals surface area contributed by atoms with E-state index in [9.17, 15) is 5.11 Å². The van der Waals surface area contributed by atoms with Gasteiger partial charge < -0.3 is 5.11 Å². The second-order valence-corrected chi connectivity index (χ2v) is 6.71. The molecule has 1 N–H and O–H groups in total. The largest absolute Gasteiger partial charge is 0.393 e. The molecule has 1 saturated carbocycles. The maximum absolute atomic E-state index is 10.2. The van der Waals surface area contributed by atoms with Crippen LogP contribution < -0.4 is 0 Å². The number of rotatable bonds is 2. The fourth-order valence-electron chi connectivity index (χ4n) is 2.99. The molecule has 1 aliphatic rings. The van der Waals surface area contributed by atoms with Crippen LogP contribution in [0.25, 0.3) is 0 Å². The second kappa shape index (κ2) is 5.00. The van der Waals surface area contributed by atoms with Crippen molar-refractivity contribution in [3.63, 3.8) is 0 Å². The van der Waals surface area contributed by atoms with Crippen molar-refractivity contribution in [3.05, 3.63) is 12.2 Å². The molecule has 1 heterocycles. The Labute approximate surface area is 109 Å². The van der Waals surface area contributed by atoms with E-state index in [0.29, 0.717) is 17.3 Å². The van der Waals surface area contributed by atoms with Gasteiger partial charge in [-0.1, -0.05) is 20.8 Å². The Balaban J connectivity index is 2.04. The number of aliphatic hydroxyl groups is 1. The van der Waals surface area contributed by atoms with Gasteiger partial charge in [-0.05, 0) is 36.5 Å². The lowest BCUT2D eigenvalue weighted by atomic mass is 9.67. The fourth-order valence-corrected chi connectivity index (χ4v) is 2.99. The molecule has 0 aliphatic heterocycles. The molecule has 4 heteroatoms. The lowest BCUT2D eigenvalue weighted by molar-refractivity contribution is 0.0185. The molecule has 18 heavy (non-hydrogen) atoms. The summed E-state index contributed by atoms with van der Waals surface area (Å²) in [5, 5.41) is 14.3. The summed E-state index contributed by atoms with van der Waals surface area (Å²) in [4.78, 5) is 4.27. The Kier molecular flexibility index (Phi) is 3.76. The van der Waals surface area contributed by atoms with Gasteiger partial charge in [0.25, 0.3) is 0 Å². The van der Waals surface area contributed by atoms with Gasteiger partial charge in [0, 0.05) is 13.5 Å². The number of aryl methyl sites for hydroxylation is 1. The van der Waals surface area contributed by atoms with Crippen molar-refractivity contribution in [3.8, 4) is 0 Å². The average Bonchev–Trinajstić information content (AvgIpc) is 2.66. The SMILES string of the molecule is Cn1ncnc1CC1CC(C(C)(C)C)CCC1O. The quantitative estimate of drug-likeness (QED) is 0.876. The predicted octanol–water partition coefficient (Wildman–Crippen LogP) is 2.18. The molecule has 1 aliphatic carbocycles. The molecule has 3 atom stereocenters. The highest BCUT2D eigenvalue weighted by atomic mass is 16.3. The van der Waals surface area contributed by atoms with E-state index in [1.165, 1.54) is 0 Å². The van der Waals surface area contributed by atoms with E-state index in [1.54, 1.807) is 6.33 Å². The van der Waals surface area contributed by atoms with Gasteiger partial charge in [0.15, 0.2) is 0 Å². The Morgan fingerprint density at radius 1 is 1.39 bits per heavy atom. The van der Waals surface area contributed by atoms with E-state index in [2.05, 4.69) is 30.9 Å². The van der Waals surface area contributed by atoms with Crippen LogP contribution in [0, 0.1) is 17.3 Å². The minimum absolute atomic E-state index is 0.180. The highest BCUT2D eigenvalue weighted by molar-refractivity contribution is 4.93. The molecular weight excluding hydrogens is 226 g/mol. The predicted molar refractivity (Wildman–Crippen MR) is 71.0 cm³/mol. The minimum atomic E-state index is -0.180. The zero-order valence-corrected chi connectivity index (χ0v) is 11.9. The standard InChI is InChI=1S/C14H25N3O/c1-14(2,3)11-5-6-12(18)10(7-11)8-13-15-9-16-17(13)4/h9-12,18H,5-8H2,1-4H3. The lowest BCUT2D eigenvalue weighted by Crippen LogP contribution is -2.36. The Morgan fingerprint density at radius 2 is 2.11 bits per heavy atom. The maximum Gasteiger partial charge on any atom is 0.138 e. The molecule has 2 rings (SSSR count). The molecule has 4 nitrogen and oxygen atoms in total. The zero-order valence-electron chi connectivity index (χ0n) is 11.9. The van der Waals surface area contributed by atoms with Gasteiger partial charge in [0.05, 0.1) is 6.10 Å². The van der Waals surface area contributed by atoms with E-state index in [4.69, 9.17) is 0 Å². The molecule has 0 bridgehead atoms. The molecule has 0 amide bonds. The smallest absolute Gasteiger partial charge is 0.138 e. The van der Waals surface area contributed by atoms with Crippen molar-refractivity contribution in [1.82, 2.24) is 14.8 Å². The molecule has 1 fully saturated rings. The minimum Gasteiger partial charge on any atom is -0.393 e. The summed E-state index contributed by atoms with van der Waals surface area (Å²) < 4.78 is 1.81. The first kappa shape index (κ1) is 13.5. The topological polar surface area (TPSA) is 50.9 Å². The monoisotopic (exact) mass is 251 g/mol. The van der Waals surface area contributed by atoms with E-state index >= 15 is 0 Å². The van der Waals surface area contributed by atoms with Gasteiger partial charge in [-0.15, -0.1) is 0 Å². The zero-order chi connectivity index (χ0) is 13.3. The third-order valence-corrected chi connectivity index (χ3v) is 4.42. The number of aromatic nitrogens is 3. The van der Waals surface area contributed by atoms with Crippen molar-refractivity contribution in [2.45, 2.75) is 52.6 Å². The first-order valence-electron chi connectivity index (χ1n) is 6.89. The number of nitrogens with zero attached hydrogens (tertiary/aromatic N) is 3. The Morgan fingerprint density at radius 3 is 2.67 bits per heavy atom. The summed E-state index contributed by atoms with van der Waals surface area (Å²) in [5.74, 6) is 2.00. The molecule has 3 unspecified atom stereocenters. The van der Waals surface area contributed by atoms with Gasteiger partial charge >= 0.3 is 0 Å². The fraction of sp³-hybridized carbons (Fsp3) is 0.857. The number of hydrogen-bond acceptors (Lipinski definition) is 3. The summed E-state index contributed by atoms with van der Waals surface area (Å²) in [6.45, 7) is 6.90. The van der Waals surface area contributed by atoms with E-state index < -0.39 is 0 Å². The molecule has 0 aromatic carbocycles. The average molecular weight is 251 g/mol. The molecule has 1 aromatic heterocycles. The van der Waals surface area contributed by atoms with Gasteiger partial charge in [-0.3, -0.25) is 4.68 Å². The molecule has 0 radical (unpaired) electrons. The third kappa shape index (κ3) is 2.91. The van der Waals surface area contributed by atoms with Crippen LogP contribution >= 0.6 is 0 Å². The molecule has 102 valence electrons. The third-order valence-electron chi connectivity index (χ3n) is 4.42. The first-order valence-corrected chi connectivity index (χ1v) is 6.89. The Hall–Kier alpha value is -0.900. The van der Waals surface area contributed by atoms with Crippen LogP contribution in [0.15, 0.2) is 6.33 Å². The van der Waals surface area contributed by atoms with Crippen LogP contribution in [0.1, 0.15) is 45.9 Å². The molecule has 1 aromatic rings. The maximum atomic E-state index is 10.2. The van der Waals surface area contributed by atoms with E-state index in [-0.39, 0.29) is 6.10 Å². The van der Waals surface area contributed by atoms with Gasteiger partial charge in [0.2, 0.25) is 0 Å². The van der Waals surface area contributed by atoms with E-state index in [0.717, 1.165) is 31.5 Å². The summed E-state index contributed by atoms with van der Waals surface area (Å²) in [5.41, 5.74) is 0.332. The van der Waals surface area contributed by atoms with Crippen LogP contribution in [-0.2, 0) is 13.5 Å². The first-order chi connectivity index (χ1) is 8.38. The van der Waals surface area contributed by atoms with Gasteiger partial charge in [-0.25, -0.2) is 4.98 Å². The van der Waals surface area contributed by atoms with Crippen molar-refractivity contribution >= 4 is 0 Å².